The number of benzene rings is 1. The van der Waals surface area contributed by atoms with Gasteiger partial charge in [0.2, 0.25) is 0 Å². The molecule has 0 aliphatic heterocycles. The van der Waals surface area contributed by atoms with Crippen molar-refractivity contribution in [2.45, 2.75) is 26.4 Å². The minimum Gasteiger partial charge on any atom is -0.455 e. The van der Waals surface area contributed by atoms with Crippen molar-refractivity contribution in [1.29, 1.82) is 0 Å². The van der Waals surface area contributed by atoms with Crippen molar-refractivity contribution in [3.8, 4) is 11.3 Å². The van der Waals surface area contributed by atoms with Crippen molar-refractivity contribution < 1.29 is 9.53 Å². The molecule has 0 aliphatic carbocycles. The summed E-state index contributed by atoms with van der Waals surface area (Å²) in [6.07, 6.45) is 0. The van der Waals surface area contributed by atoms with Gasteiger partial charge in [0.15, 0.2) is 0 Å². The van der Waals surface area contributed by atoms with Gasteiger partial charge in [-0.2, -0.15) is 5.10 Å². The number of ether oxygens (including phenoxy) is 1. The molecular formula is C15H17ClN2O2. The molecule has 1 aromatic carbocycles. The molecule has 0 N–H and O–H groups in total. The van der Waals surface area contributed by atoms with Crippen molar-refractivity contribution in [2.24, 2.45) is 7.05 Å². The lowest BCUT2D eigenvalue weighted by atomic mass is 10.1. The standard InChI is InChI=1S/C15H17ClN2O2/c1-15(2,3)20-14(19)13-9-12(17-18(13)4)10-5-7-11(16)8-6-10/h5-9H,1-4H3. The van der Waals surface area contributed by atoms with E-state index in [1.54, 1.807) is 25.2 Å². The van der Waals surface area contributed by atoms with Crippen LogP contribution in [0, 0.1) is 0 Å². The Kier molecular flexibility index (Phi) is 3.86. The van der Waals surface area contributed by atoms with E-state index in [9.17, 15) is 4.79 Å². The van der Waals surface area contributed by atoms with Crippen LogP contribution in [0.5, 0.6) is 0 Å². The summed E-state index contributed by atoms with van der Waals surface area (Å²) >= 11 is 5.86. The molecule has 2 aromatic rings. The second kappa shape index (κ2) is 5.29. The van der Waals surface area contributed by atoms with E-state index < -0.39 is 5.60 Å². The fourth-order valence-electron chi connectivity index (χ4n) is 1.75. The fourth-order valence-corrected chi connectivity index (χ4v) is 1.88. The summed E-state index contributed by atoms with van der Waals surface area (Å²) in [6, 6.07) is 9.03. The maximum atomic E-state index is 12.1. The zero-order chi connectivity index (χ0) is 14.9. The monoisotopic (exact) mass is 292 g/mol. The molecule has 0 amide bonds. The predicted octanol–water partition coefficient (Wildman–Crippen LogP) is 3.70. The Balaban J connectivity index is 2.30. The number of aromatic nitrogens is 2. The number of carbonyl (C=O) groups is 1. The average Bonchev–Trinajstić information content (AvgIpc) is 2.70. The lowest BCUT2D eigenvalue weighted by molar-refractivity contribution is 0.00576. The van der Waals surface area contributed by atoms with E-state index in [2.05, 4.69) is 5.10 Å². The van der Waals surface area contributed by atoms with Crippen LogP contribution in [0.4, 0.5) is 0 Å². The molecule has 0 unspecified atom stereocenters. The Morgan fingerprint density at radius 2 is 1.85 bits per heavy atom. The Morgan fingerprint density at radius 1 is 1.25 bits per heavy atom. The highest BCUT2D eigenvalue weighted by molar-refractivity contribution is 6.30. The van der Waals surface area contributed by atoms with E-state index in [4.69, 9.17) is 16.3 Å². The van der Waals surface area contributed by atoms with Gasteiger partial charge in [0.1, 0.15) is 11.3 Å². The first-order chi connectivity index (χ1) is 9.26. The van der Waals surface area contributed by atoms with Gasteiger partial charge in [-0.1, -0.05) is 23.7 Å². The molecule has 0 radical (unpaired) electrons. The molecule has 0 saturated carbocycles. The predicted molar refractivity (Wildman–Crippen MR) is 78.8 cm³/mol. The van der Waals surface area contributed by atoms with Crippen LogP contribution in [0.15, 0.2) is 30.3 Å². The molecule has 0 atom stereocenters. The van der Waals surface area contributed by atoms with E-state index >= 15 is 0 Å². The van der Waals surface area contributed by atoms with Gasteiger partial charge in [-0.05, 0) is 39.0 Å². The van der Waals surface area contributed by atoms with Gasteiger partial charge in [-0.15, -0.1) is 0 Å². The molecule has 0 spiro atoms. The molecule has 1 aromatic heterocycles. The van der Waals surface area contributed by atoms with Crippen LogP contribution >= 0.6 is 11.6 Å². The number of rotatable bonds is 2. The molecule has 4 nitrogen and oxygen atoms in total. The number of hydrogen-bond acceptors (Lipinski definition) is 3. The Hall–Kier alpha value is -1.81. The highest BCUT2D eigenvalue weighted by Gasteiger charge is 2.21. The zero-order valence-electron chi connectivity index (χ0n) is 12.0. The third-order valence-corrected chi connectivity index (χ3v) is 2.88. The first kappa shape index (κ1) is 14.6. The minimum absolute atomic E-state index is 0.382. The summed E-state index contributed by atoms with van der Waals surface area (Å²) in [4.78, 5) is 12.1. The molecule has 0 aliphatic rings. The number of nitrogens with zero attached hydrogens (tertiary/aromatic N) is 2. The molecule has 2 rings (SSSR count). The van der Waals surface area contributed by atoms with Gasteiger partial charge >= 0.3 is 5.97 Å². The van der Waals surface area contributed by atoms with Crippen LogP contribution in [0.3, 0.4) is 0 Å². The third kappa shape index (κ3) is 3.39. The van der Waals surface area contributed by atoms with Crippen LogP contribution < -0.4 is 0 Å². The maximum Gasteiger partial charge on any atom is 0.357 e. The topological polar surface area (TPSA) is 44.1 Å². The molecule has 1 heterocycles. The molecule has 20 heavy (non-hydrogen) atoms. The summed E-state index contributed by atoms with van der Waals surface area (Å²) in [6.45, 7) is 5.50. The largest absolute Gasteiger partial charge is 0.455 e. The number of halogens is 1. The van der Waals surface area contributed by atoms with Gasteiger partial charge in [-0.25, -0.2) is 4.79 Å². The van der Waals surface area contributed by atoms with Crippen molar-refractivity contribution in [3.05, 3.63) is 41.0 Å². The first-order valence-electron chi connectivity index (χ1n) is 6.29. The average molecular weight is 293 g/mol. The van der Waals surface area contributed by atoms with E-state index in [1.165, 1.54) is 4.68 Å². The summed E-state index contributed by atoms with van der Waals surface area (Å²) in [5.41, 5.74) is 1.51. The number of hydrogen-bond donors (Lipinski definition) is 0. The lowest BCUT2D eigenvalue weighted by Crippen LogP contribution is -2.25. The Labute approximate surface area is 123 Å². The van der Waals surface area contributed by atoms with Gasteiger partial charge in [0.05, 0.1) is 5.69 Å². The summed E-state index contributed by atoms with van der Waals surface area (Å²) < 4.78 is 6.88. The van der Waals surface area contributed by atoms with Gasteiger partial charge in [0, 0.05) is 17.6 Å². The normalized spacial score (nSPS) is 11.4. The van der Waals surface area contributed by atoms with Crippen molar-refractivity contribution in [2.75, 3.05) is 0 Å². The van der Waals surface area contributed by atoms with E-state index in [0.29, 0.717) is 16.4 Å². The van der Waals surface area contributed by atoms with Gasteiger partial charge in [-0.3, -0.25) is 4.68 Å². The highest BCUT2D eigenvalue weighted by atomic mass is 35.5. The number of aryl methyl sites for hydroxylation is 1. The molecular weight excluding hydrogens is 276 g/mol. The summed E-state index contributed by atoms with van der Waals surface area (Å²) in [5, 5.41) is 5.00. The van der Waals surface area contributed by atoms with Crippen LogP contribution in [-0.2, 0) is 11.8 Å². The Bertz CT molecular complexity index is 624. The summed E-state index contributed by atoms with van der Waals surface area (Å²) in [7, 11) is 1.72. The van der Waals surface area contributed by atoms with Crippen molar-refractivity contribution in [3.63, 3.8) is 0 Å². The van der Waals surface area contributed by atoms with E-state index in [-0.39, 0.29) is 5.97 Å². The molecule has 0 bridgehead atoms. The third-order valence-electron chi connectivity index (χ3n) is 2.63. The van der Waals surface area contributed by atoms with Crippen molar-refractivity contribution in [1.82, 2.24) is 9.78 Å². The molecule has 0 saturated heterocycles. The van der Waals surface area contributed by atoms with Crippen LogP contribution in [-0.4, -0.2) is 21.4 Å². The smallest absolute Gasteiger partial charge is 0.357 e. The number of carbonyl (C=O) groups excluding carboxylic acids is 1. The van der Waals surface area contributed by atoms with Gasteiger partial charge < -0.3 is 4.74 Å². The lowest BCUT2D eigenvalue weighted by Gasteiger charge is -2.19. The molecule has 5 heteroatoms. The second-order valence-corrected chi connectivity index (χ2v) is 5.98. The molecule has 106 valence electrons. The van der Waals surface area contributed by atoms with Gasteiger partial charge in [0.25, 0.3) is 0 Å². The molecule has 0 fully saturated rings. The quantitative estimate of drug-likeness (QED) is 0.793. The number of esters is 1. The van der Waals surface area contributed by atoms with E-state index in [1.807, 2.05) is 32.9 Å². The first-order valence-corrected chi connectivity index (χ1v) is 6.67. The van der Waals surface area contributed by atoms with Crippen molar-refractivity contribution >= 4 is 17.6 Å². The van der Waals surface area contributed by atoms with Crippen LogP contribution in [0.1, 0.15) is 31.3 Å². The Morgan fingerprint density at radius 3 is 2.40 bits per heavy atom. The maximum absolute atomic E-state index is 12.1. The highest BCUT2D eigenvalue weighted by Crippen LogP contribution is 2.22. The summed E-state index contributed by atoms with van der Waals surface area (Å²) in [5.74, 6) is -0.382. The van der Waals surface area contributed by atoms with E-state index in [0.717, 1.165) is 5.56 Å². The van der Waals surface area contributed by atoms with Crippen LogP contribution in [0.25, 0.3) is 11.3 Å². The van der Waals surface area contributed by atoms with Crippen LogP contribution in [0.2, 0.25) is 5.02 Å². The second-order valence-electron chi connectivity index (χ2n) is 5.55. The fraction of sp³-hybridized carbons (Fsp3) is 0.333. The zero-order valence-corrected chi connectivity index (χ0v) is 12.7. The SMILES string of the molecule is Cn1nc(-c2ccc(Cl)cc2)cc1C(=O)OC(C)(C)C. The minimum atomic E-state index is -0.526.